The quantitative estimate of drug-likeness (QED) is 0.389. The number of hydrogen-bond acceptors (Lipinski definition) is 1. The molecule has 0 fully saturated rings. The van der Waals surface area contributed by atoms with E-state index in [2.05, 4.69) is 0 Å². The number of allylic oxidation sites excluding steroid dienone is 1. The Bertz CT molecular complexity index is 107. The zero-order valence-electron chi connectivity index (χ0n) is 4.43. The maximum atomic E-state index is 9.86. The van der Waals surface area contributed by atoms with Crippen LogP contribution in [0.5, 0.6) is 0 Å². The zero-order valence-corrected chi connectivity index (χ0v) is 4.43. The van der Waals surface area contributed by atoms with Gasteiger partial charge in [0.25, 0.3) is 0 Å². The second kappa shape index (κ2) is 4.95. The van der Waals surface area contributed by atoms with Crippen molar-refractivity contribution in [2.24, 2.45) is 0 Å². The van der Waals surface area contributed by atoms with Crippen LogP contribution in [0.15, 0.2) is 11.6 Å². The van der Waals surface area contributed by atoms with Crippen molar-refractivity contribution in [3.8, 4) is 0 Å². The van der Waals surface area contributed by atoms with Crippen molar-refractivity contribution in [1.29, 1.82) is 0 Å². The van der Waals surface area contributed by atoms with Gasteiger partial charge in [0.05, 0.1) is 0 Å². The Hall–Kier alpha value is -0.193. The normalized spacial score (nSPS) is 10.0. The second-order valence-electron chi connectivity index (χ2n) is 1.28. The van der Waals surface area contributed by atoms with Crippen LogP contribution in [0.4, 0.5) is 0 Å². The molecule has 0 aliphatic carbocycles. The molecule has 8 heavy (non-hydrogen) atoms. The van der Waals surface area contributed by atoms with Crippen LogP contribution in [0.3, 0.4) is 0 Å². The van der Waals surface area contributed by atoms with Crippen LogP contribution in [0.2, 0.25) is 0 Å². The molecule has 3 heteroatoms. The molecule has 0 atom stereocenters. The van der Waals surface area contributed by atoms with Crippen molar-refractivity contribution in [3.05, 3.63) is 11.6 Å². The van der Waals surface area contributed by atoms with Crippen molar-refractivity contribution in [2.45, 2.75) is 13.8 Å². The van der Waals surface area contributed by atoms with E-state index < -0.39 is 5.97 Å². The van der Waals surface area contributed by atoms with Crippen LogP contribution in [0, 0.1) is 0 Å². The van der Waals surface area contributed by atoms with Crippen LogP contribution < -0.4 is 0 Å². The average Bonchev–Trinajstić information content (AvgIpc) is 1.65. The van der Waals surface area contributed by atoms with Crippen molar-refractivity contribution < 1.29 is 9.90 Å². The number of carbonyl (C=O) groups is 1. The van der Waals surface area contributed by atoms with Gasteiger partial charge in [-0.15, -0.1) is 0 Å². The zero-order chi connectivity index (χ0) is 5.86. The molecule has 1 N–H and O–H groups in total. The SMILES string of the molecule is CC=C(C)C(=O)O.[LiH]. The average molecular weight is 108 g/mol. The van der Waals surface area contributed by atoms with Crippen LogP contribution in [-0.2, 0) is 4.79 Å². The van der Waals surface area contributed by atoms with Gasteiger partial charge in [-0.05, 0) is 13.8 Å². The van der Waals surface area contributed by atoms with Gasteiger partial charge >= 0.3 is 24.8 Å². The Balaban J connectivity index is 0. The van der Waals surface area contributed by atoms with Crippen molar-refractivity contribution in [1.82, 2.24) is 0 Å². The van der Waals surface area contributed by atoms with E-state index >= 15 is 0 Å². The minimum absolute atomic E-state index is 0. The third-order valence-electron chi connectivity index (χ3n) is 0.770. The number of aliphatic carboxylic acids is 1. The molecule has 0 saturated carbocycles. The summed E-state index contributed by atoms with van der Waals surface area (Å²) in [7, 11) is 0. The van der Waals surface area contributed by atoms with E-state index in [1.807, 2.05) is 0 Å². The summed E-state index contributed by atoms with van der Waals surface area (Å²) >= 11 is 0. The molecule has 0 aromatic rings. The molecule has 0 saturated heterocycles. The fourth-order valence-electron chi connectivity index (χ4n) is 0.123. The van der Waals surface area contributed by atoms with Gasteiger partial charge in [0.2, 0.25) is 0 Å². The van der Waals surface area contributed by atoms with Crippen LogP contribution in [0.1, 0.15) is 13.8 Å². The van der Waals surface area contributed by atoms with E-state index in [9.17, 15) is 4.79 Å². The first-order valence-corrected chi connectivity index (χ1v) is 2.04. The van der Waals surface area contributed by atoms with Gasteiger partial charge in [0.1, 0.15) is 0 Å². The Morgan fingerprint density at radius 1 is 1.62 bits per heavy atom. The standard InChI is InChI=1S/C5H8O2.Li.H/c1-3-4(2)5(6)7;;/h3H,1-2H3,(H,6,7);;. The molecule has 0 aliphatic rings. The number of carboxylic acids is 1. The van der Waals surface area contributed by atoms with Gasteiger partial charge < -0.3 is 5.11 Å². The number of rotatable bonds is 1. The Morgan fingerprint density at radius 3 is 2.00 bits per heavy atom. The Kier molecular flexibility index (Phi) is 6.64. The first-order chi connectivity index (χ1) is 3.18. The van der Waals surface area contributed by atoms with E-state index in [1.165, 1.54) is 0 Å². The molecule has 42 valence electrons. The van der Waals surface area contributed by atoms with E-state index in [4.69, 9.17) is 5.11 Å². The summed E-state index contributed by atoms with van der Waals surface area (Å²) in [4.78, 5) is 9.86. The summed E-state index contributed by atoms with van der Waals surface area (Å²) in [6.45, 7) is 3.26. The predicted molar refractivity (Wildman–Crippen MR) is 34.2 cm³/mol. The summed E-state index contributed by atoms with van der Waals surface area (Å²) < 4.78 is 0. The third-order valence-corrected chi connectivity index (χ3v) is 0.770. The second-order valence-corrected chi connectivity index (χ2v) is 1.28. The molecule has 0 unspecified atom stereocenters. The summed E-state index contributed by atoms with van der Waals surface area (Å²) in [5.74, 6) is -0.845. The van der Waals surface area contributed by atoms with E-state index in [-0.39, 0.29) is 18.9 Å². The van der Waals surface area contributed by atoms with E-state index in [1.54, 1.807) is 19.9 Å². The molecule has 0 rings (SSSR count). The Labute approximate surface area is 60.8 Å². The summed E-state index contributed by atoms with van der Waals surface area (Å²) in [5.41, 5.74) is 0.389. The van der Waals surface area contributed by atoms with Crippen molar-refractivity contribution >= 4 is 24.8 Å². The first-order valence-electron chi connectivity index (χ1n) is 2.04. The fraction of sp³-hybridized carbons (Fsp3) is 0.400. The van der Waals surface area contributed by atoms with Gasteiger partial charge in [0, 0.05) is 5.57 Å². The number of hydrogen-bond donors (Lipinski definition) is 1. The van der Waals surface area contributed by atoms with Crippen molar-refractivity contribution in [2.75, 3.05) is 0 Å². The van der Waals surface area contributed by atoms with Crippen molar-refractivity contribution in [3.63, 3.8) is 0 Å². The molecule has 0 aromatic heterocycles. The maximum absolute atomic E-state index is 9.86. The fourth-order valence-corrected chi connectivity index (χ4v) is 0.123. The molecule has 0 amide bonds. The minimum atomic E-state index is -0.845. The summed E-state index contributed by atoms with van der Waals surface area (Å²) in [5, 5.41) is 8.11. The van der Waals surface area contributed by atoms with Crippen LogP contribution >= 0.6 is 0 Å². The molecule has 0 aliphatic heterocycles. The molecule has 0 radical (unpaired) electrons. The van der Waals surface area contributed by atoms with Gasteiger partial charge in [-0.25, -0.2) is 4.79 Å². The molecular formula is C5H9LiO2. The van der Waals surface area contributed by atoms with E-state index in [0.717, 1.165) is 0 Å². The monoisotopic (exact) mass is 108 g/mol. The van der Waals surface area contributed by atoms with Crippen LogP contribution in [0.25, 0.3) is 0 Å². The van der Waals surface area contributed by atoms with Gasteiger partial charge in [0.15, 0.2) is 0 Å². The molecule has 0 aromatic carbocycles. The summed E-state index contributed by atoms with van der Waals surface area (Å²) in [6, 6.07) is 0. The first kappa shape index (κ1) is 10.7. The van der Waals surface area contributed by atoms with Crippen LogP contribution in [-0.4, -0.2) is 29.9 Å². The third kappa shape index (κ3) is 3.98. The molecule has 0 spiro atoms. The topological polar surface area (TPSA) is 37.3 Å². The predicted octanol–water partition coefficient (Wildman–Crippen LogP) is 0.389. The summed E-state index contributed by atoms with van der Waals surface area (Å²) in [6.07, 6.45) is 1.56. The molecule has 0 heterocycles. The molecule has 0 bridgehead atoms. The number of carboxylic acid groups (broad SMARTS) is 1. The Morgan fingerprint density at radius 2 is 2.00 bits per heavy atom. The van der Waals surface area contributed by atoms with Gasteiger partial charge in [-0.3, -0.25) is 0 Å². The molecular weight excluding hydrogens is 99.0 g/mol. The van der Waals surface area contributed by atoms with Gasteiger partial charge in [-0.2, -0.15) is 0 Å². The van der Waals surface area contributed by atoms with E-state index in [0.29, 0.717) is 5.57 Å². The molecule has 2 nitrogen and oxygen atoms in total. The van der Waals surface area contributed by atoms with Gasteiger partial charge in [-0.1, -0.05) is 6.08 Å².